The summed E-state index contributed by atoms with van der Waals surface area (Å²) in [6.45, 7) is 5.55. The monoisotopic (exact) mass is 392 g/mol. The van der Waals surface area contributed by atoms with Crippen molar-refractivity contribution in [2.45, 2.75) is 32.3 Å². The SMILES string of the molecule is COCCOCOc1cc2c(cc1I)CCC(C)(C)O2. The van der Waals surface area contributed by atoms with E-state index in [4.69, 9.17) is 18.9 Å². The van der Waals surface area contributed by atoms with E-state index in [1.165, 1.54) is 5.56 Å². The van der Waals surface area contributed by atoms with Crippen LogP contribution in [0.4, 0.5) is 0 Å². The fourth-order valence-electron chi connectivity index (χ4n) is 2.07. The van der Waals surface area contributed by atoms with Gasteiger partial charge in [-0.15, -0.1) is 0 Å². The van der Waals surface area contributed by atoms with Gasteiger partial charge in [-0.05, 0) is 60.9 Å². The molecule has 0 atom stereocenters. The molecular weight excluding hydrogens is 371 g/mol. The van der Waals surface area contributed by atoms with E-state index in [0.29, 0.717) is 13.2 Å². The van der Waals surface area contributed by atoms with Crippen molar-refractivity contribution < 1.29 is 18.9 Å². The zero-order chi connectivity index (χ0) is 14.6. The predicted octanol–water partition coefficient (Wildman–Crippen LogP) is 3.39. The van der Waals surface area contributed by atoms with Crippen LogP contribution >= 0.6 is 22.6 Å². The van der Waals surface area contributed by atoms with Gasteiger partial charge in [0, 0.05) is 13.2 Å². The Bertz CT molecular complexity index is 459. The van der Waals surface area contributed by atoms with Crippen LogP contribution in [0.2, 0.25) is 0 Å². The van der Waals surface area contributed by atoms with Crippen molar-refractivity contribution in [3.63, 3.8) is 0 Å². The molecule has 1 aromatic rings. The lowest BCUT2D eigenvalue weighted by molar-refractivity contribution is -0.00915. The van der Waals surface area contributed by atoms with Gasteiger partial charge in [0.25, 0.3) is 0 Å². The molecule has 1 aromatic carbocycles. The molecule has 0 N–H and O–H groups in total. The summed E-state index contributed by atoms with van der Waals surface area (Å²) in [7, 11) is 1.65. The van der Waals surface area contributed by atoms with Gasteiger partial charge >= 0.3 is 0 Å². The van der Waals surface area contributed by atoms with E-state index < -0.39 is 0 Å². The van der Waals surface area contributed by atoms with Crippen molar-refractivity contribution in [2.75, 3.05) is 27.1 Å². The number of hydrogen-bond acceptors (Lipinski definition) is 4. The lowest BCUT2D eigenvalue weighted by Crippen LogP contribution is -2.32. The second kappa shape index (κ2) is 6.95. The molecule has 0 radical (unpaired) electrons. The van der Waals surface area contributed by atoms with Crippen LogP contribution < -0.4 is 9.47 Å². The number of halogens is 1. The normalized spacial score (nSPS) is 16.4. The molecule has 0 aliphatic carbocycles. The summed E-state index contributed by atoms with van der Waals surface area (Å²) in [4.78, 5) is 0. The van der Waals surface area contributed by atoms with Gasteiger partial charge < -0.3 is 18.9 Å². The first kappa shape index (κ1) is 15.9. The molecule has 4 nitrogen and oxygen atoms in total. The highest BCUT2D eigenvalue weighted by Gasteiger charge is 2.27. The Morgan fingerprint density at radius 3 is 2.85 bits per heavy atom. The third kappa shape index (κ3) is 4.23. The zero-order valence-electron chi connectivity index (χ0n) is 12.2. The van der Waals surface area contributed by atoms with Crippen LogP contribution in [0, 0.1) is 3.57 Å². The number of rotatable bonds is 6. The van der Waals surface area contributed by atoms with Crippen molar-refractivity contribution in [3.05, 3.63) is 21.3 Å². The molecule has 1 aliphatic rings. The lowest BCUT2D eigenvalue weighted by Gasteiger charge is -2.33. The topological polar surface area (TPSA) is 36.9 Å². The summed E-state index contributed by atoms with van der Waals surface area (Å²) in [5, 5.41) is 0. The van der Waals surface area contributed by atoms with Crippen LogP contribution in [-0.2, 0) is 15.9 Å². The van der Waals surface area contributed by atoms with Crippen LogP contribution in [0.3, 0.4) is 0 Å². The minimum absolute atomic E-state index is 0.105. The average Bonchev–Trinajstić information content (AvgIpc) is 2.39. The highest BCUT2D eigenvalue weighted by Crippen LogP contribution is 2.37. The molecular formula is C15H21IO4. The smallest absolute Gasteiger partial charge is 0.189 e. The highest BCUT2D eigenvalue weighted by atomic mass is 127. The maximum absolute atomic E-state index is 6.02. The molecule has 112 valence electrons. The van der Waals surface area contributed by atoms with Gasteiger partial charge in [0.1, 0.15) is 17.1 Å². The summed E-state index contributed by atoms with van der Waals surface area (Å²) < 4.78 is 23.0. The molecule has 5 heteroatoms. The minimum Gasteiger partial charge on any atom is -0.487 e. The third-order valence-corrected chi connectivity index (χ3v) is 4.07. The molecule has 1 aliphatic heterocycles. The average molecular weight is 392 g/mol. The second-order valence-electron chi connectivity index (χ2n) is 5.42. The number of aryl methyl sites for hydroxylation is 1. The zero-order valence-corrected chi connectivity index (χ0v) is 14.4. The molecule has 0 amide bonds. The summed E-state index contributed by atoms with van der Waals surface area (Å²) in [5.74, 6) is 1.73. The Kier molecular flexibility index (Phi) is 5.51. The van der Waals surface area contributed by atoms with Crippen molar-refractivity contribution in [2.24, 2.45) is 0 Å². The quantitative estimate of drug-likeness (QED) is 0.423. The minimum atomic E-state index is -0.105. The van der Waals surface area contributed by atoms with Crippen molar-refractivity contribution in [3.8, 4) is 11.5 Å². The fraction of sp³-hybridized carbons (Fsp3) is 0.600. The van der Waals surface area contributed by atoms with E-state index in [1.54, 1.807) is 7.11 Å². The van der Waals surface area contributed by atoms with Crippen molar-refractivity contribution in [1.82, 2.24) is 0 Å². The third-order valence-electron chi connectivity index (χ3n) is 3.23. The van der Waals surface area contributed by atoms with Gasteiger partial charge in [-0.3, -0.25) is 0 Å². The Balaban J connectivity index is 2.00. The van der Waals surface area contributed by atoms with E-state index in [2.05, 4.69) is 42.5 Å². The predicted molar refractivity (Wildman–Crippen MR) is 85.5 cm³/mol. The molecule has 0 aromatic heterocycles. The second-order valence-corrected chi connectivity index (χ2v) is 6.58. The summed E-state index contributed by atoms with van der Waals surface area (Å²) in [6, 6.07) is 4.10. The van der Waals surface area contributed by atoms with Crippen LogP contribution in [0.25, 0.3) is 0 Å². The Morgan fingerprint density at radius 1 is 1.30 bits per heavy atom. The molecule has 1 heterocycles. The largest absolute Gasteiger partial charge is 0.487 e. The molecule has 0 unspecified atom stereocenters. The Morgan fingerprint density at radius 2 is 2.10 bits per heavy atom. The molecule has 0 fully saturated rings. The highest BCUT2D eigenvalue weighted by molar-refractivity contribution is 14.1. The van der Waals surface area contributed by atoms with E-state index in [9.17, 15) is 0 Å². The van der Waals surface area contributed by atoms with E-state index in [1.807, 2.05) is 6.07 Å². The first-order chi connectivity index (χ1) is 9.52. The van der Waals surface area contributed by atoms with E-state index in [-0.39, 0.29) is 12.4 Å². The molecule has 0 saturated carbocycles. The number of hydrogen-bond donors (Lipinski definition) is 0. The molecule has 2 rings (SSSR count). The van der Waals surface area contributed by atoms with Crippen LogP contribution in [0.1, 0.15) is 25.8 Å². The van der Waals surface area contributed by atoms with E-state index in [0.717, 1.165) is 27.9 Å². The maximum atomic E-state index is 6.02. The maximum Gasteiger partial charge on any atom is 0.189 e. The van der Waals surface area contributed by atoms with Crippen molar-refractivity contribution >= 4 is 22.6 Å². The molecule has 0 saturated heterocycles. The molecule has 20 heavy (non-hydrogen) atoms. The van der Waals surface area contributed by atoms with Gasteiger partial charge in [0.2, 0.25) is 0 Å². The first-order valence-corrected chi connectivity index (χ1v) is 7.80. The van der Waals surface area contributed by atoms with Gasteiger partial charge in [0.15, 0.2) is 6.79 Å². The Hall–Kier alpha value is -0.530. The molecule has 0 bridgehead atoms. The van der Waals surface area contributed by atoms with Gasteiger partial charge in [-0.25, -0.2) is 0 Å². The first-order valence-electron chi connectivity index (χ1n) is 6.73. The number of benzene rings is 1. The number of methoxy groups -OCH3 is 1. The number of ether oxygens (including phenoxy) is 4. The summed E-state index contributed by atoms with van der Waals surface area (Å²) in [6.07, 6.45) is 2.08. The van der Waals surface area contributed by atoms with Gasteiger partial charge in [-0.1, -0.05) is 0 Å². The number of fused-ring (bicyclic) bond motifs is 1. The van der Waals surface area contributed by atoms with E-state index >= 15 is 0 Å². The van der Waals surface area contributed by atoms with Crippen LogP contribution in [0.5, 0.6) is 11.5 Å². The van der Waals surface area contributed by atoms with Crippen LogP contribution in [0.15, 0.2) is 12.1 Å². The van der Waals surface area contributed by atoms with Gasteiger partial charge in [-0.2, -0.15) is 0 Å². The van der Waals surface area contributed by atoms with Crippen LogP contribution in [-0.4, -0.2) is 32.7 Å². The standard InChI is InChI=1S/C15H21IO4/c1-15(2)5-4-11-8-12(16)14(9-13(11)20-15)19-10-18-7-6-17-3/h8-9H,4-7,10H2,1-3H3. The lowest BCUT2D eigenvalue weighted by atomic mass is 9.94. The Labute approximate surface area is 133 Å². The van der Waals surface area contributed by atoms with Gasteiger partial charge in [0.05, 0.1) is 16.8 Å². The summed E-state index contributed by atoms with van der Waals surface area (Å²) in [5.41, 5.74) is 1.15. The molecule has 0 spiro atoms. The summed E-state index contributed by atoms with van der Waals surface area (Å²) >= 11 is 2.28. The van der Waals surface area contributed by atoms with Crippen molar-refractivity contribution in [1.29, 1.82) is 0 Å². The fourth-order valence-corrected chi connectivity index (χ4v) is 2.75.